The van der Waals surface area contributed by atoms with E-state index in [0.717, 1.165) is 36.0 Å². The number of benzene rings is 1. The highest BCUT2D eigenvalue weighted by atomic mass is 16.4. The van der Waals surface area contributed by atoms with E-state index >= 15 is 0 Å². The van der Waals surface area contributed by atoms with E-state index in [9.17, 15) is 15.0 Å². The van der Waals surface area contributed by atoms with E-state index in [4.69, 9.17) is 0 Å². The largest absolute Gasteiger partial charge is 0.481 e. The molecule has 0 saturated carbocycles. The zero-order valence-electron chi connectivity index (χ0n) is 14.9. The first-order valence-corrected chi connectivity index (χ1v) is 8.94. The van der Waals surface area contributed by atoms with Gasteiger partial charge in [0.15, 0.2) is 0 Å². The van der Waals surface area contributed by atoms with Crippen LogP contribution in [0.3, 0.4) is 0 Å². The van der Waals surface area contributed by atoms with Crippen molar-refractivity contribution in [2.45, 2.75) is 39.7 Å². The summed E-state index contributed by atoms with van der Waals surface area (Å²) in [5.41, 5.74) is 3.46. The fourth-order valence-electron chi connectivity index (χ4n) is 4.32. The third kappa shape index (κ3) is 3.21. The molecular formula is C22H26O3. The van der Waals surface area contributed by atoms with Gasteiger partial charge in [0.2, 0.25) is 0 Å². The van der Waals surface area contributed by atoms with Crippen LogP contribution in [-0.2, 0) is 11.4 Å². The predicted molar refractivity (Wildman–Crippen MR) is 99.8 cm³/mol. The van der Waals surface area contributed by atoms with Gasteiger partial charge in [0, 0.05) is 5.92 Å². The van der Waals surface area contributed by atoms with Crippen LogP contribution in [0, 0.1) is 17.3 Å². The Labute approximate surface area is 149 Å². The molecule has 3 atom stereocenters. The number of aliphatic hydroxyl groups is 1. The molecule has 1 aromatic rings. The van der Waals surface area contributed by atoms with Crippen LogP contribution in [0.15, 0.2) is 54.1 Å². The summed E-state index contributed by atoms with van der Waals surface area (Å²) in [5.74, 6) is -0.703. The Kier molecular flexibility index (Phi) is 4.96. The lowest BCUT2D eigenvalue weighted by Crippen LogP contribution is -2.46. The van der Waals surface area contributed by atoms with Gasteiger partial charge in [0.25, 0.3) is 0 Å². The number of hydrogen-bond acceptors (Lipinski definition) is 2. The molecule has 0 amide bonds. The second kappa shape index (κ2) is 7.01. The van der Waals surface area contributed by atoms with Crippen molar-refractivity contribution >= 4 is 11.5 Å². The molecule has 2 N–H and O–H groups in total. The summed E-state index contributed by atoms with van der Waals surface area (Å²) in [5, 5.41) is 19.3. The minimum Gasteiger partial charge on any atom is -0.481 e. The van der Waals surface area contributed by atoms with Crippen LogP contribution < -0.4 is 0 Å². The lowest BCUT2D eigenvalue weighted by Gasteiger charge is -2.44. The van der Waals surface area contributed by atoms with E-state index < -0.39 is 11.4 Å². The first-order chi connectivity index (χ1) is 12.0. The molecular weight excluding hydrogens is 312 g/mol. The van der Waals surface area contributed by atoms with Crippen molar-refractivity contribution in [3.63, 3.8) is 0 Å². The fourth-order valence-corrected chi connectivity index (χ4v) is 4.32. The number of fused-ring (bicyclic) bond motifs is 1. The molecule has 0 aromatic heterocycles. The third-order valence-electron chi connectivity index (χ3n) is 5.73. The molecule has 1 aromatic carbocycles. The maximum absolute atomic E-state index is 12.3. The first kappa shape index (κ1) is 17.7. The van der Waals surface area contributed by atoms with E-state index in [1.54, 1.807) is 0 Å². The van der Waals surface area contributed by atoms with Crippen LogP contribution >= 0.6 is 0 Å². The molecule has 0 bridgehead atoms. The molecule has 0 spiro atoms. The Morgan fingerprint density at radius 1 is 1.32 bits per heavy atom. The van der Waals surface area contributed by atoms with E-state index in [-0.39, 0.29) is 18.4 Å². The van der Waals surface area contributed by atoms with Gasteiger partial charge < -0.3 is 10.2 Å². The van der Waals surface area contributed by atoms with Gasteiger partial charge in [-0.15, -0.1) is 0 Å². The Morgan fingerprint density at radius 2 is 2.04 bits per heavy atom. The van der Waals surface area contributed by atoms with Gasteiger partial charge in [-0.3, -0.25) is 4.79 Å². The summed E-state index contributed by atoms with van der Waals surface area (Å²) in [7, 11) is 0. The standard InChI is InChI=1S/C22H26O3/c1-15-11-19-5-3-4-10-22(19,21(24)25)20(12-15)13-16(2)18-8-6-17(14-23)7-9-18/h4,6-10,12-13,19-20,23H,3,5,11,14H2,1-2H3,(H,24,25)/b16-13+/t19-,20+,22+/m1/s1. The van der Waals surface area contributed by atoms with Gasteiger partial charge in [-0.2, -0.15) is 0 Å². The number of aliphatic hydroxyl groups excluding tert-OH is 1. The van der Waals surface area contributed by atoms with E-state index in [0.29, 0.717) is 0 Å². The highest BCUT2D eigenvalue weighted by molar-refractivity contribution is 5.80. The van der Waals surface area contributed by atoms with Gasteiger partial charge in [-0.1, -0.05) is 54.1 Å². The normalized spacial score (nSPS) is 29.1. The van der Waals surface area contributed by atoms with Gasteiger partial charge in [-0.25, -0.2) is 0 Å². The van der Waals surface area contributed by atoms with Gasteiger partial charge >= 0.3 is 5.97 Å². The van der Waals surface area contributed by atoms with Crippen molar-refractivity contribution in [1.82, 2.24) is 0 Å². The Hall–Kier alpha value is -2.13. The second-order valence-corrected chi connectivity index (χ2v) is 7.36. The molecule has 0 radical (unpaired) electrons. The molecule has 0 heterocycles. The number of allylic oxidation sites excluding steroid dienone is 5. The molecule has 132 valence electrons. The van der Waals surface area contributed by atoms with Crippen molar-refractivity contribution in [2.75, 3.05) is 0 Å². The van der Waals surface area contributed by atoms with E-state index in [1.165, 1.54) is 5.57 Å². The maximum atomic E-state index is 12.3. The van der Waals surface area contributed by atoms with Crippen molar-refractivity contribution in [2.24, 2.45) is 17.3 Å². The molecule has 3 nitrogen and oxygen atoms in total. The van der Waals surface area contributed by atoms with Crippen molar-refractivity contribution < 1.29 is 15.0 Å². The van der Waals surface area contributed by atoms with Crippen LogP contribution in [0.4, 0.5) is 0 Å². The first-order valence-electron chi connectivity index (χ1n) is 8.94. The summed E-state index contributed by atoms with van der Waals surface area (Å²) in [6.45, 7) is 4.17. The molecule has 2 aliphatic rings. The van der Waals surface area contributed by atoms with Crippen LogP contribution in [0.2, 0.25) is 0 Å². The topological polar surface area (TPSA) is 57.5 Å². The molecule has 0 saturated heterocycles. The highest BCUT2D eigenvalue weighted by Crippen LogP contribution is 2.51. The van der Waals surface area contributed by atoms with Crippen LogP contribution in [-0.4, -0.2) is 16.2 Å². The average Bonchev–Trinajstić information content (AvgIpc) is 2.61. The smallest absolute Gasteiger partial charge is 0.314 e. The Balaban J connectivity index is 2.02. The summed E-state index contributed by atoms with van der Waals surface area (Å²) < 4.78 is 0. The molecule has 0 unspecified atom stereocenters. The minimum absolute atomic E-state index is 0.0300. The summed E-state index contributed by atoms with van der Waals surface area (Å²) in [4.78, 5) is 12.3. The summed E-state index contributed by atoms with van der Waals surface area (Å²) in [6, 6.07) is 7.78. The van der Waals surface area contributed by atoms with Gasteiger partial charge in [0.1, 0.15) is 0 Å². The summed E-state index contributed by atoms with van der Waals surface area (Å²) in [6.07, 6.45) is 11.0. The third-order valence-corrected chi connectivity index (χ3v) is 5.73. The van der Waals surface area contributed by atoms with Crippen LogP contribution in [0.25, 0.3) is 5.57 Å². The average molecular weight is 338 g/mol. The van der Waals surface area contributed by atoms with Crippen molar-refractivity contribution in [1.29, 1.82) is 0 Å². The van der Waals surface area contributed by atoms with Crippen LogP contribution in [0.5, 0.6) is 0 Å². The molecule has 25 heavy (non-hydrogen) atoms. The Bertz CT molecular complexity index is 739. The number of carbonyl (C=O) groups is 1. The molecule has 2 aliphatic carbocycles. The predicted octanol–water partition coefficient (Wildman–Crippen LogP) is 4.59. The monoisotopic (exact) mass is 338 g/mol. The second-order valence-electron chi connectivity index (χ2n) is 7.36. The molecule has 0 aliphatic heterocycles. The number of hydrogen-bond donors (Lipinski definition) is 2. The lowest BCUT2D eigenvalue weighted by molar-refractivity contribution is -0.151. The molecule has 0 fully saturated rings. The minimum atomic E-state index is -0.829. The van der Waals surface area contributed by atoms with Crippen molar-refractivity contribution in [3.8, 4) is 0 Å². The van der Waals surface area contributed by atoms with Crippen LogP contribution in [0.1, 0.15) is 44.2 Å². The maximum Gasteiger partial charge on any atom is 0.314 e. The number of carboxylic acids is 1. The fraction of sp³-hybridized carbons (Fsp3) is 0.409. The quantitative estimate of drug-likeness (QED) is 0.790. The lowest BCUT2D eigenvalue weighted by atomic mass is 9.57. The number of rotatable bonds is 4. The van der Waals surface area contributed by atoms with Crippen molar-refractivity contribution in [3.05, 3.63) is 65.3 Å². The van der Waals surface area contributed by atoms with E-state index in [1.807, 2.05) is 43.3 Å². The number of aliphatic carboxylic acids is 1. The summed E-state index contributed by atoms with van der Waals surface area (Å²) >= 11 is 0. The van der Waals surface area contributed by atoms with Gasteiger partial charge in [-0.05, 0) is 55.7 Å². The highest BCUT2D eigenvalue weighted by Gasteiger charge is 2.51. The Morgan fingerprint density at radius 3 is 2.68 bits per heavy atom. The molecule has 3 rings (SSSR count). The number of carboxylic acid groups (broad SMARTS) is 1. The zero-order chi connectivity index (χ0) is 18.0. The van der Waals surface area contributed by atoms with Gasteiger partial charge in [0.05, 0.1) is 12.0 Å². The zero-order valence-corrected chi connectivity index (χ0v) is 14.9. The molecule has 3 heteroatoms. The van der Waals surface area contributed by atoms with E-state index in [2.05, 4.69) is 19.1 Å². The SMILES string of the molecule is CC1=C[C@@H](/C=C(\C)c2ccc(CO)cc2)[C@]2(C(=O)O)C=CCC[C@@H]2C1.